The van der Waals surface area contributed by atoms with E-state index in [9.17, 15) is 13.5 Å². The van der Waals surface area contributed by atoms with Crippen molar-refractivity contribution >= 4 is 27.3 Å². The van der Waals surface area contributed by atoms with Crippen molar-refractivity contribution in [1.29, 1.82) is 0 Å². The second-order valence-corrected chi connectivity index (χ2v) is 13.8. The van der Waals surface area contributed by atoms with Crippen molar-refractivity contribution in [3.05, 3.63) is 60.4 Å². The van der Waals surface area contributed by atoms with Crippen LogP contribution < -0.4 is 10.2 Å². The lowest BCUT2D eigenvalue weighted by Crippen LogP contribution is -2.37. The Labute approximate surface area is 261 Å². The van der Waals surface area contributed by atoms with Gasteiger partial charge >= 0.3 is 0 Å². The Balaban J connectivity index is 1.14. The van der Waals surface area contributed by atoms with Crippen molar-refractivity contribution in [3.63, 3.8) is 0 Å². The van der Waals surface area contributed by atoms with E-state index in [1.54, 1.807) is 24.7 Å². The maximum Gasteiger partial charge on any atom is 0.256 e. The molecule has 45 heavy (non-hydrogen) atoms. The third-order valence-electron chi connectivity index (χ3n) is 8.44. The molecule has 3 fully saturated rings. The summed E-state index contributed by atoms with van der Waals surface area (Å²) in [6, 6.07) is 4.01. The highest BCUT2D eigenvalue weighted by Crippen LogP contribution is 2.31. The smallest absolute Gasteiger partial charge is 0.256 e. The highest BCUT2D eigenvalue weighted by atomic mass is 32.2. The molecule has 1 atom stereocenters. The van der Waals surface area contributed by atoms with E-state index in [2.05, 4.69) is 47.2 Å². The van der Waals surface area contributed by atoms with Crippen LogP contribution in [0.1, 0.15) is 55.7 Å². The number of aliphatic hydroxyl groups is 1. The summed E-state index contributed by atoms with van der Waals surface area (Å²) in [7, 11) is -3.48. The highest BCUT2D eigenvalue weighted by Gasteiger charge is 2.37. The quantitative estimate of drug-likeness (QED) is 0.277. The van der Waals surface area contributed by atoms with Crippen LogP contribution in [0.2, 0.25) is 0 Å². The van der Waals surface area contributed by atoms with Crippen LogP contribution in [0.4, 0.5) is 17.3 Å². The molecule has 4 aromatic heterocycles. The van der Waals surface area contributed by atoms with Gasteiger partial charge < -0.3 is 20.1 Å². The van der Waals surface area contributed by atoms with Gasteiger partial charge in [-0.3, -0.25) is 4.68 Å². The minimum atomic E-state index is -3.48. The molecule has 0 aromatic carbocycles. The predicted octanol–water partition coefficient (Wildman–Crippen LogP) is 2.98. The maximum atomic E-state index is 12.6. The largest absolute Gasteiger partial charge is 0.396 e. The second kappa shape index (κ2) is 12.6. The average Bonchev–Trinajstić information content (AvgIpc) is 3.63. The Bertz CT molecular complexity index is 1830. The molecule has 1 saturated carbocycles. The van der Waals surface area contributed by atoms with Gasteiger partial charge in [0.2, 0.25) is 0 Å². The summed E-state index contributed by atoms with van der Waals surface area (Å²) < 4.78 is 33.6. The zero-order valence-corrected chi connectivity index (χ0v) is 25.6. The number of pyridine rings is 1. The first-order chi connectivity index (χ1) is 22.0. The molecule has 0 bridgehead atoms. The first kappa shape index (κ1) is 29.4. The molecule has 7 rings (SSSR count). The van der Waals surface area contributed by atoms with E-state index in [1.165, 1.54) is 12.4 Å². The normalized spacial score (nSPS) is 19.2. The highest BCUT2D eigenvalue weighted by molar-refractivity contribution is 7.90. The Morgan fingerprint density at radius 3 is 2.69 bits per heavy atom. The monoisotopic (exact) mass is 629 g/mol. The lowest BCUT2D eigenvalue weighted by Gasteiger charge is -2.34. The number of nitrogens with zero attached hydrogens (tertiary/aromatic N) is 8. The Morgan fingerprint density at radius 1 is 1.00 bits per heavy atom. The topological polar surface area (TPSA) is 153 Å². The van der Waals surface area contributed by atoms with Gasteiger partial charge in [0.1, 0.15) is 11.6 Å². The molecule has 2 saturated heterocycles. The molecule has 6 heterocycles. The van der Waals surface area contributed by atoms with Crippen LogP contribution >= 0.6 is 0 Å². The van der Waals surface area contributed by atoms with Crippen molar-refractivity contribution in [1.82, 2.24) is 33.9 Å². The Kier molecular flexibility index (Phi) is 8.22. The number of piperidine rings is 1. The molecule has 0 amide bonds. The van der Waals surface area contributed by atoms with Gasteiger partial charge in [-0.2, -0.15) is 14.3 Å². The Hall–Kier alpha value is -4.32. The molecular weight excluding hydrogens is 594 g/mol. The SMILES string of the molecule is O=S(=O)(C1CC1)n1cc(-c2nccc(Nc3cc(N4CCCC(CO)C4)c(C#Cc4cnn(C5CCOCC5)c4)cn3)n2)cn1. The van der Waals surface area contributed by atoms with Crippen molar-refractivity contribution in [2.45, 2.75) is 49.8 Å². The Morgan fingerprint density at radius 2 is 1.87 bits per heavy atom. The zero-order chi connectivity index (χ0) is 30.8. The van der Waals surface area contributed by atoms with Crippen molar-refractivity contribution in [3.8, 4) is 23.2 Å². The summed E-state index contributed by atoms with van der Waals surface area (Å²) in [6.07, 6.45) is 15.2. The van der Waals surface area contributed by atoms with Crippen molar-refractivity contribution in [2.75, 3.05) is 43.1 Å². The fourth-order valence-electron chi connectivity index (χ4n) is 5.77. The standard InChI is InChI=1S/C31H35N9O4S/c41-21-23-2-1-11-38(18-23)28-14-30(33-16-24(28)4-3-22-15-34-39(19-22)26-8-12-44-13-9-26)36-29-7-10-32-31(37-29)25-17-35-40(20-25)45(42,43)27-5-6-27/h7,10,14-17,19-20,23,26-27,41H,1-2,5-6,8-9,11-13,18,21H2,(H,32,33,36,37). The summed E-state index contributed by atoms with van der Waals surface area (Å²) in [5.74, 6) is 8.21. The summed E-state index contributed by atoms with van der Waals surface area (Å²) in [4.78, 5) is 15.8. The van der Waals surface area contributed by atoms with E-state index >= 15 is 0 Å². The zero-order valence-electron chi connectivity index (χ0n) is 24.8. The molecule has 14 heteroatoms. The molecule has 3 aliphatic rings. The van der Waals surface area contributed by atoms with Gasteiger partial charge in [-0.15, -0.1) is 0 Å². The number of anilines is 3. The molecule has 1 unspecified atom stereocenters. The predicted molar refractivity (Wildman–Crippen MR) is 167 cm³/mol. The fourth-order valence-corrected chi connectivity index (χ4v) is 7.25. The van der Waals surface area contributed by atoms with E-state index in [4.69, 9.17) is 4.74 Å². The minimum absolute atomic E-state index is 0.140. The van der Waals surface area contributed by atoms with Crippen LogP contribution in [-0.2, 0) is 14.8 Å². The van der Waals surface area contributed by atoms with Crippen LogP contribution in [-0.4, -0.2) is 85.6 Å². The van der Waals surface area contributed by atoms with Crippen LogP contribution in [0.5, 0.6) is 0 Å². The van der Waals surface area contributed by atoms with Gasteiger partial charge in [-0.25, -0.2) is 23.4 Å². The van der Waals surface area contributed by atoms with Crippen LogP contribution in [0.15, 0.2) is 49.3 Å². The van der Waals surface area contributed by atoms with E-state index < -0.39 is 10.0 Å². The van der Waals surface area contributed by atoms with E-state index in [0.717, 1.165) is 72.9 Å². The number of hydrogen-bond donors (Lipinski definition) is 2. The van der Waals surface area contributed by atoms with Gasteiger partial charge in [0.05, 0.1) is 52.3 Å². The van der Waals surface area contributed by atoms with Crippen molar-refractivity contribution < 1.29 is 18.3 Å². The number of rotatable bonds is 8. The van der Waals surface area contributed by atoms with Gasteiger partial charge in [-0.1, -0.05) is 11.8 Å². The molecule has 0 radical (unpaired) electrons. The molecule has 234 valence electrons. The molecule has 4 aromatic rings. The fraction of sp³-hybridized carbons (Fsp3) is 0.452. The number of hydrogen-bond acceptors (Lipinski definition) is 11. The van der Waals surface area contributed by atoms with Gasteiger partial charge in [0.25, 0.3) is 10.0 Å². The van der Waals surface area contributed by atoms with Crippen LogP contribution in [0.3, 0.4) is 0 Å². The molecule has 2 aliphatic heterocycles. The minimum Gasteiger partial charge on any atom is -0.396 e. The van der Waals surface area contributed by atoms with Gasteiger partial charge in [0.15, 0.2) is 5.82 Å². The first-order valence-electron chi connectivity index (χ1n) is 15.4. The third kappa shape index (κ3) is 6.56. The maximum absolute atomic E-state index is 12.6. The average molecular weight is 630 g/mol. The molecule has 13 nitrogen and oxygen atoms in total. The summed E-state index contributed by atoms with van der Waals surface area (Å²) >= 11 is 0. The van der Waals surface area contributed by atoms with Crippen molar-refractivity contribution in [2.24, 2.45) is 5.92 Å². The van der Waals surface area contributed by atoms with E-state index in [1.807, 2.05) is 16.9 Å². The van der Waals surface area contributed by atoms with Crippen LogP contribution in [0, 0.1) is 17.8 Å². The van der Waals surface area contributed by atoms with Crippen LogP contribution in [0.25, 0.3) is 11.4 Å². The van der Waals surface area contributed by atoms with Gasteiger partial charge in [-0.05, 0) is 50.5 Å². The summed E-state index contributed by atoms with van der Waals surface area (Å²) in [5, 5.41) is 21.4. The second-order valence-electron chi connectivity index (χ2n) is 11.8. The lowest BCUT2D eigenvalue weighted by molar-refractivity contribution is 0.0662. The third-order valence-corrected chi connectivity index (χ3v) is 10.5. The number of ether oxygens (including phenoxy) is 1. The number of aromatic nitrogens is 7. The molecule has 2 N–H and O–H groups in total. The first-order valence-corrected chi connectivity index (χ1v) is 16.9. The summed E-state index contributed by atoms with van der Waals surface area (Å²) in [6.45, 7) is 3.21. The number of nitrogens with one attached hydrogen (secondary N) is 1. The van der Waals surface area contributed by atoms with E-state index in [0.29, 0.717) is 41.9 Å². The molecule has 0 spiro atoms. The lowest BCUT2D eigenvalue weighted by atomic mass is 9.98. The summed E-state index contributed by atoms with van der Waals surface area (Å²) in [5.41, 5.74) is 3.05. The molecule has 1 aliphatic carbocycles. The van der Waals surface area contributed by atoms with Gasteiger partial charge in [0, 0.05) is 57.6 Å². The van der Waals surface area contributed by atoms with E-state index in [-0.39, 0.29) is 17.8 Å². The number of aliphatic hydroxyl groups excluding tert-OH is 1. The molecular formula is C31H35N9O4S.